The van der Waals surface area contributed by atoms with E-state index < -0.39 is 0 Å². The molecule has 0 aromatic rings. The fourth-order valence-corrected chi connectivity index (χ4v) is 13.3. The number of rotatable bonds is 12. The summed E-state index contributed by atoms with van der Waals surface area (Å²) in [6, 6.07) is 0. The molecule has 0 saturated heterocycles. The number of fused-ring (bicyclic) bond motifs is 1. The minimum Gasteiger partial charge on any atom is -0.396 e. The van der Waals surface area contributed by atoms with Gasteiger partial charge in [-0.25, -0.2) is 0 Å². The third-order valence-corrected chi connectivity index (χ3v) is 14.1. The van der Waals surface area contributed by atoms with Gasteiger partial charge in [-0.3, -0.25) is 0 Å². The number of aliphatic hydroxyl groups excluding tert-OH is 1. The van der Waals surface area contributed by atoms with Gasteiger partial charge in [0.15, 0.2) is 0 Å². The van der Waals surface area contributed by atoms with Crippen molar-refractivity contribution in [3.8, 4) is 0 Å². The molecule has 3 fully saturated rings. The van der Waals surface area contributed by atoms with Crippen LogP contribution in [0.15, 0.2) is 0 Å². The van der Waals surface area contributed by atoms with Crippen LogP contribution in [0.4, 0.5) is 0 Å². The lowest BCUT2D eigenvalue weighted by molar-refractivity contribution is -0.0822. The molecule has 11 unspecified atom stereocenters. The fourth-order valence-electron chi connectivity index (χ4n) is 13.3. The van der Waals surface area contributed by atoms with Gasteiger partial charge in [-0.05, 0) is 139 Å². The summed E-state index contributed by atoms with van der Waals surface area (Å²) in [5.41, 5.74) is 0.766. The zero-order chi connectivity index (χ0) is 30.2. The Labute approximate surface area is 252 Å². The molecule has 236 valence electrons. The lowest BCUT2D eigenvalue weighted by Gasteiger charge is -2.57. The first kappa shape index (κ1) is 34.5. The van der Waals surface area contributed by atoms with Gasteiger partial charge in [0.25, 0.3) is 0 Å². The lowest BCUT2D eigenvalue weighted by atomic mass is 9.48. The summed E-state index contributed by atoms with van der Waals surface area (Å²) in [6.45, 7) is 34.0. The molecular formula is C39H74O. The monoisotopic (exact) mass is 559 g/mol. The molecule has 11 atom stereocenters. The van der Waals surface area contributed by atoms with Crippen LogP contribution in [0.5, 0.6) is 0 Å². The zero-order valence-electron chi connectivity index (χ0n) is 29.6. The largest absolute Gasteiger partial charge is 0.396 e. The number of hydrogen-bond acceptors (Lipinski definition) is 1. The van der Waals surface area contributed by atoms with Gasteiger partial charge in [0, 0.05) is 6.61 Å². The van der Waals surface area contributed by atoms with Crippen LogP contribution in [0.3, 0.4) is 0 Å². The van der Waals surface area contributed by atoms with Crippen molar-refractivity contribution in [3.63, 3.8) is 0 Å². The van der Waals surface area contributed by atoms with Gasteiger partial charge in [-0.2, -0.15) is 0 Å². The summed E-state index contributed by atoms with van der Waals surface area (Å²) < 4.78 is 0. The van der Waals surface area contributed by atoms with Gasteiger partial charge in [-0.1, -0.05) is 103 Å². The smallest absolute Gasteiger partial charge is 0.0459 e. The molecule has 3 saturated carbocycles. The minimum atomic E-state index is 0.335. The number of hydrogen-bond donors (Lipinski definition) is 1. The van der Waals surface area contributed by atoms with Crippen molar-refractivity contribution in [2.24, 2.45) is 93.7 Å². The van der Waals surface area contributed by atoms with Crippen molar-refractivity contribution in [2.45, 2.75) is 148 Å². The standard InChI is InChI=1S/C39H74O/c1-14-26(7)35(24(3)4)29(10)37(25(5)6)38(11,12)23-39(13)21-33-32(31-18-16-30(22-40)17-19-31)20-27(8)36(33)28(9)34(39)15-2/h24-37,40H,14-23H2,1-13H3. The van der Waals surface area contributed by atoms with Gasteiger partial charge < -0.3 is 5.11 Å². The Hall–Kier alpha value is -0.0400. The Kier molecular flexibility index (Phi) is 11.8. The van der Waals surface area contributed by atoms with Crippen LogP contribution in [0, 0.1) is 93.7 Å². The van der Waals surface area contributed by atoms with Crippen molar-refractivity contribution in [1.29, 1.82) is 0 Å². The summed E-state index contributed by atoms with van der Waals surface area (Å²) in [7, 11) is 0. The van der Waals surface area contributed by atoms with Crippen LogP contribution >= 0.6 is 0 Å². The Morgan fingerprint density at radius 2 is 1.48 bits per heavy atom. The van der Waals surface area contributed by atoms with E-state index in [2.05, 4.69) is 90.0 Å². The zero-order valence-corrected chi connectivity index (χ0v) is 29.6. The average Bonchev–Trinajstić information content (AvgIpc) is 3.18. The molecule has 1 N–H and O–H groups in total. The summed E-state index contributed by atoms with van der Waals surface area (Å²) in [5, 5.41) is 9.77. The van der Waals surface area contributed by atoms with Gasteiger partial charge >= 0.3 is 0 Å². The van der Waals surface area contributed by atoms with Crippen LogP contribution in [-0.2, 0) is 0 Å². The van der Waals surface area contributed by atoms with E-state index in [4.69, 9.17) is 0 Å². The molecule has 1 nitrogen and oxygen atoms in total. The Morgan fingerprint density at radius 1 is 0.875 bits per heavy atom. The van der Waals surface area contributed by atoms with E-state index in [0.29, 0.717) is 29.3 Å². The highest BCUT2D eigenvalue weighted by Crippen LogP contribution is 2.65. The summed E-state index contributed by atoms with van der Waals surface area (Å²) >= 11 is 0. The second-order valence-corrected chi connectivity index (χ2v) is 17.8. The van der Waals surface area contributed by atoms with E-state index in [1.807, 2.05) is 0 Å². The van der Waals surface area contributed by atoms with Crippen LogP contribution in [0.2, 0.25) is 0 Å². The molecule has 3 aliphatic rings. The molecule has 0 aromatic heterocycles. The summed E-state index contributed by atoms with van der Waals surface area (Å²) in [6.07, 6.45) is 12.3. The van der Waals surface area contributed by atoms with Gasteiger partial charge in [0.05, 0.1) is 0 Å². The highest BCUT2D eigenvalue weighted by atomic mass is 16.3. The molecule has 3 aliphatic carbocycles. The molecule has 0 heterocycles. The minimum absolute atomic E-state index is 0.335. The maximum absolute atomic E-state index is 9.77. The van der Waals surface area contributed by atoms with E-state index >= 15 is 0 Å². The van der Waals surface area contributed by atoms with E-state index in [9.17, 15) is 5.11 Å². The topological polar surface area (TPSA) is 20.2 Å². The van der Waals surface area contributed by atoms with Crippen molar-refractivity contribution in [3.05, 3.63) is 0 Å². The van der Waals surface area contributed by atoms with Crippen LogP contribution < -0.4 is 0 Å². The van der Waals surface area contributed by atoms with Crippen LogP contribution in [0.1, 0.15) is 148 Å². The normalized spacial score (nSPS) is 40.2. The van der Waals surface area contributed by atoms with E-state index in [0.717, 1.165) is 71.0 Å². The summed E-state index contributed by atoms with van der Waals surface area (Å²) in [4.78, 5) is 0. The van der Waals surface area contributed by atoms with Crippen molar-refractivity contribution < 1.29 is 5.11 Å². The highest BCUT2D eigenvalue weighted by Gasteiger charge is 2.57. The first-order valence-corrected chi connectivity index (χ1v) is 18.2. The van der Waals surface area contributed by atoms with Gasteiger partial charge in [0.1, 0.15) is 0 Å². The third kappa shape index (κ3) is 6.86. The lowest BCUT2D eigenvalue weighted by Crippen LogP contribution is -2.50. The van der Waals surface area contributed by atoms with Crippen LogP contribution in [-0.4, -0.2) is 11.7 Å². The molecule has 3 rings (SSSR count). The molecule has 0 amide bonds. The molecule has 40 heavy (non-hydrogen) atoms. The maximum atomic E-state index is 9.77. The first-order chi connectivity index (χ1) is 18.6. The first-order valence-electron chi connectivity index (χ1n) is 18.2. The van der Waals surface area contributed by atoms with E-state index in [-0.39, 0.29) is 0 Å². The molecule has 0 radical (unpaired) electrons. The molecule has 0 bridgehead atoms. The second kappa shape index (κ2) is 13.7. The van der Waals surface area contributed by atoms with Gasteiger partial charge in [0.2, 0.25) is 0 Å². The molecule has 0 spiro atoms. The van der Waals surface area contributed by atoms with E-state index in [1.54, 1.807) is 0 Å². The second-order valence-electron chi connectivity index (χ2n) is 17.8. The molecule has 0 aromatic carbocycles. The predicted octanol–water partition coefficient (Wildman–Crippen LogP) is 11.4. The fraction of sp³-hybridized carbons (Fsp3) is 1.00. The summed E-state index contributed by atoms with van der Waals surface area (Å²) in [5.74, 6) is 11.4. The average molecular weight is 559 g/mol. The van der Waals surface area contributed by atoms with E-state index in [1.165, 1.54) is 57.8 Å². The Morgan fingerprint density at radius 3 is 1.95 bits per heavy atom. The predicted molar refractivity (Wildman–Crippen MR) is 176 cm³/mol. The molecular weight excluding hydrogens is 484 g/mol. The number of aliphatic hydroxyl groups is 1. The quantitative estimate of drug-likeness (QED) is 0.252. The SMILES string of the molecule is CCC(C)C(C(C)C)C(C)C(C(C)C)C(C)(C)CC1(C)CC2C(C3CCC(CO)CC3)CC(C)C2C(C)C1CC. The van der Waals surface area contributed by atoms with Gasteiger partial charge in [-0.15, -0.1) is 0 Å². The molecule has 1 heteroatoms. The third-order valence-electron chi connectivity index (χ3n) is 14.1. The highest BCUT2D eigenvalue weighted by molar-refractivity contribution is 5.06. The Bertz CT molecular complexity index is 759. The van der Waals surface area contributed by atoms with Crippen molar-refractivity contribution in [1.82, 2.24) is 0 Å². The van der Waals surface area contributed by atoms with Crippen LogP contribution in [0.25, 0.3) is 0 Å². The van der Waals surface area contributed by atoms with Crippen molar-refractivity contribution >= 4 is 0 Å². The maximum Gasteiger partial charge on any atom is 0.0459 e. The van der Waals surface area contributed by atoms with Crippen molar-refractivity contribution in [2.75, 3.05) is 6.61 Å². The Balaban J connectivity index is 1.91. The molecule has 0 aliphatic heterocycles.